The van der Waals surface area contributed by atoms with Gasteiger partial charge >= 0.3 is 0 Å². The number of likely N-dealkylation sites (N-methyl/N-ethyl adjacent to an activating group) is 1. The van der Waals surface area contributed by atoms with Gasteiger partial charge in [0.05, 0.1) is 24.5 Å². The zero-order chi connectivity index (χ0) is 18.9. The predicted molar refractivity (Wildman–Crippen MR) is 103 cm³/mol. The molecule has 0 amide bonds. The molecule has 0 fully saturated rings. The standard InChI is InChI=1S/C19H31N5O2/c1-6-14(7-2)16-11-15(26-23-16)12-21-19(20-3)22-13-17(24(4)5)18-9-8-10-25-18/h8-11,14,17H,6-7,12-13H2,1-5H3,(H2,20,21,22). The largest absolute Gasteiger partial charge is 0.468 e. The van der Waals surface area contributed by atoms with Crippen LogP contribution in [0.4, 0.5) is 0 Å². The van der Waals surface area contributed by atoms with Gasteiger partial charge in [0.15, 0.2) is 11.7 Å². The van der Waals surface area contributed by atoms with Crippen LogP contribution in [-0.2, 0) is 6.54 Å². The minimum Gasteiger partial charge on any atom is -0.468 e. The van der Waals surface area contributed by atoms with E-state index in [1.54, 1.807) is 13.3 Å². The van der Waals surface area contributed by atoms with Crippen molar-refractivity contribution in [2.75, 3.05) is 27.7 Å². The first kappa shape index (κ1) is 20.0. The van der Waals surface area contributed by atoms with Gasteiger partial charge in [-0.3, -0.25) is 9.89 Å². The van der Waals surface area contributed by atoms with Crippen molar-refractivity contribution >= 4 is 5.96 Å². The van der Waals surface area contributed by atoms with Crippen molar-refractivity contribution in [3.05, 3.63) is 41.7 Å². The van der Waals surface area contributed by atoms with E-state index in [-0.39, 0.29) is 6.04 Å². The molecule has 2 aromatic heterocycles. The van der Waals surface area contributed by atoms with Crippen LogP contribution in [0.1, 0.15) is 55.9 Å². The van der Waals surface area contributed by atoms with Gasteiger partial charge in [0.25, 0.3) is 0 Å². The summed E-state index contributed by atoms with van der Waals surface area (Å²) in [5, 5.41) is 10.8. The Kier molecular flexibility index (Phi) is 7.72. The normalized spacial score (nSPS) is 13.4. The average Bonchev–Trinajstić information content (AvgIpc) is 3.31. The minimum atomic E-state index is 0.121. The van der Waals surface area contributed by atoms with Crippen LogP contribution in [0.3, 0.4) is 0 Å². The lowest BCUT2D eigenvalue weighted by Crippen LogP contribution is -2.41. The summed E-state index contributed by atoms with van der Waals surface area (Å²) in [6, 6.07) is 6.04. The SMILES string of the molecule is CCC(CC)c1cc(CNC(=NC)NCC(c2ccco2)N(C)C)on1. The number of rotatable bonds is 9. The van der Waals surface area contributed by atoms with Gasteiger partial charge in [-0.25, -0.2) is 0 Å². The number of nitrogens with zero attached hydrogens (tertiary/aromatic N) is 3. The molecule has 0 radical (unpaired) electrons. The first-order chi connectivity index (χ1) is 12.6. The Morgan fingerprint density at radius 2 is 2.04 bits per heavy atom. The fourth-order valence-electron chi connectivity index (χ4n) is 2.91. The quantitative estimate of drug-likeness (QED) is 0.528. The van der Waals surface area contributed by atoms with Crippen molar-refractivity contribution in [1.29, 1.82) is 0 Å². The maximum atomic E-state index is 5.53. The predicted octanol–water partition coefficient (Wildman–Crippen LogP) is 3.14. The number of aliphatic imine (C=N–C) groups is 1. The van der Waals surface area contributed by atoms with Crippen LogP contribution < -0.4 is 10.6 Å². The number of guanidine groups is 1. The molecule has 1 unspecified atom stereocenters. The molecule has 0 aromatic carbocycles. The van der Waals surface area contributed by atoms with Gasteiger partial charge in [-0.1, -0.05) is 19.0 Å². The molecule has 0 aliphatic rings. The zero-order valence-electron chi connectivity index (χ0n) is 16.5. The van der Waals surface area contributed by atoms with E-state index in [9.17, 15) is 0 Å². The van der Waals surface area contributed by atoms with Gasteiger partial charge < -0.3 is 19.6 Å². The summed E-state index contributed by atoms with van der Waals surface area (Å²) in [4.78, 5) is 6.38. The van der Waals surface area contributed by atoms with E-state index in [2.05, 4.69) is 39.5 Å². The van der Waals surface area contributed by atoms with E-state index in [1.807, 2.05) is 32.3 Å². The second-order valence-electron chi connectivity index (χ2n) is 6.53. The highest BCUT2D eigenvalue weighted by Crippen LogP contribution is 2.22. The Hall–Kier alpha value is -2.28. The summed E-state index contributed by atoms with van der Waals surface area (Å²) >= 11 is 0. The van der Waals surface area contributed by atoms with Crippen LogP contribution in [0.2, 0.25) is 0 Å². The first-order valence-electron chi connectivity index (χ1n) is 9.18. The third-order valence-corrected chi connectivity index (χ3v) is 4.59. The van der Waals surface area contributed by atoms with Gasteiger partial charge in [0.1, 0.15) is 5.76 Å². The minimum absolute atomic E-state index is 0.121. The lowest BCUT2D eigenvalue weighted by Gasteiger charge is -2.23. The van der Waals surface area contributed by atoms with Gasteiger partial charge in [-0.2, -0.15) is 0 Å². The van der Waals surface area contributed by atoms with Crippen molar-refractivity contribution in [3.8, 4) is 0 Å². The third kappa shape index (κ3) is 5.36. The Bertz CT molecular complexity index is 659. The molecule has 2 heterocycles. The Morgan fingerprint density at radius 1 is 1.27 bits per heavy atom. The van der Waals surface area contributed by atoms with Crippen molar-refractivity contribution in [2.45, 2.75) is 45.2 Å². The van der Waals surface area contributed by atoms with Gasteiger partial charge in [0.2, 0.25) is 0 Å². The van der Waals surface area contributed by atoms with E-state index >= 15 is 0 Å². The summed E-state index contributed by atoms with van der Waals surface area (Å²) in [5.74, 6) is 2.90. The summed E-state index contributed by atoms with van der Waals surface area (Å²) in [6.45, 7) is 5.56. The number of hydrogen-bond donors (Lipinski definition) is 2. The van der Waals surface area contributed by atoms with Crippen molar-refractivity contribution in [2.24, 2.45) is 4.99 Å². The van der Waals surface area contributed by atoms with Crippen LogP contribution in [-0.4, -0.2) is 43.7 Å². The molecule has 144 valence electrons. The number of nitrogens with one attached hydrogen (secondary N) is 2. The maximum absolute atomic E-state index is 5.53. The molecule has 2 aromatic rings. The molecular weight excluding hydrogens is 330 g/mol. The smallest absolute Gasteiger partial charge is 0.191 e. The molecule has 7 nitrogen and oxygen atoms in total. The highest BCUT2D eigenvalue weighted by atomic mass is 16.5. The third-order valence-electron chi connectivity index (χ3n) is 4.59. The molecule has 7 heteroatoms. The monoisotopic (exact) mass is 361 g/mol. The topological polar surface area (TPSA) is 78.8 Å². The molecule has 0 saturated carbocycles. The average molecular weight is 361 g/mol. The number of aromatic nitrogens is 1. The Labute approximate surface area is 155 Å². The van der Waals surface area contributed by atoms with E-state index in [4.69, 9.17) is 8.94 Å². The van der Waals surface area contributed by atoms with Crippen molar-refractivity contribution in [1.82, 2.24) is 20.7 Å². The fraction of sp³-hybridized carbons (Fsp3) is 0.579. The van der Waals surface area contributed by atoms with Crippen LogP contribution in [0.25, 0.3) is 0 Å². The van der Waals surface area contributed by atoms with Crippen LogP contribution in [0, 0.1) is 0 Å². The molecule has 0 bridgehead atoms. The van der Waals surface area contributed by atoms with E-state index in [0.717, 1.165) is 30.1 Å². The highest BCUT2D eigenvalue weighted by molar-refractivity contribution is 5.79. The molecule has 2 rings (SSSR count). The van der Waals surface area contributed by atoms with Crippen LogP contribution >= 0.6 is 0 Å². The second kappa shape index (κ2) is 10.0. The molecule has 0 aliphatic carbocycles. The lowest BCUT2D eigenvalue weighted by molar-refractivity contribution is 0.258. The highest BCUT2D eigenvalue weighted by Gasteiger charge is 2.17. The van der Waals surface area contributed by atoms with E-state index < -0.39 is 0 Å². The lowest BCUT2D eigenvalue weighted by atomic mass is 9.99. The molecule has 0 aliphatic heterocycles. The summed E-state index contributed by atoms with van der Waals surface area (Å²) in [6.07, 6.45) is 3.83. The van der Waals surface area contributed by atoms with Crippen molar-refractivity contribution in [3.63, 3.8) is 0 Å². The molecule has 1 atom stereocenters. The fourth-order valence-corrected chi connectivity index (χ4v) is 2.91. The zero-order valence-corrected chi connectivity index (χ0v) is 16.5. The molecular formula is C19H31N5O2. The summed E-state index contributed by atoms with van der Waals surface area (Å²) in [5.41, 5.74) is 1.03. The number of hydrogen-bond acceptors (Lipinski definition) is 5. The maximum Gasteiger partial charge on any atom is 0.191 e. The van der Waals surface area contributed by atoms with Gasteiger partial charge in [0, 0.05) is 25.6 Å². The van der Waals surface area contributed by atoms with Gasteiger partial charge in [-0.05, 0) is 39.1 Å². The first-order valence-corrected chi connectivity index (χ1v) is 9.18. The van der Waals surface area contributed by atoms with Crippen molar-refractivity contribution < 1.29 is 8.94 Å². The van der Waals surface area contributed by atoms with E-state index in [1.165, 1.54) is 0 Å². The molecule has 26 heavy (non-hydrogen) atoms. The molecule has 0 saturated heterocycles. The Balaban J connectivity index is 1.88. The van der Waals surface area contributed by atoms with Crippen LogP contribution in [0.5, 0.6) is 0 Å². The Morgan fingerprint density at radius 3 is 2.62 bits per heavy atom. The molecule has 0 spiro atoms. The van der Waals surface area contributed by atoms with Gasteiger partial charge in [-0.15, -0.1) is 0 Å². The van der Waals surface area contributed by atoms with E-state index in [0.29, 0.717) is 25.0 Å². The number of furan rings is 1. The van der Waals surface area contributed by atoms with Crippen LogP contribution in [0.15, 0.2) is 38.4 Å². The second-order valence-corrected chi connectivity index (χ2v) is 6.53. The summed E-state index contributed by atoms with van der Waals surface area (Å²) < 4.78 is 11.0. The molecule has 2 N–H and O–H groups in total. The summed E-state index contributed by atoms with van der Waals surface area (Å²) in [7, 11) is 5.81.